The van der Waals surface area contributed by atoms with Gasteiger partial charge in [0.25, 0.3) is 10.2 Å². The molecule has 0 aromatic heterocycles. The van der Waals surface area contributed by atoms with Crippen LogP contribution in [0.15, 0.2) is 0 Å². The number of carbonyl (C=O) groups is 1. The van der Waals surface area contributed by atoms with E-state index in [-0.39, 0.29) is 12.3 Å². The standard InChI is InChI=1S/C9H20N2O4S/c1-8(4-5-9(12)13)6-7-10-16(14,15)11(2)3/h8,10H,4-7H2,1-3H3,(H,12,13). The highest BCUT2D eigenvalue weighted by Gasteiger charge is 2.12. The van der Waals surface area contributed by atoms with Crippen LogP contribution in [0.1, 0.15) is 26.2 Å². The number of rotatable bonds is 8. The van der Waals surface area contributed by atoms with Crippen molar-refractivity contribution in [1.82, 2.24) is 9.03 Å². The molecule has 1 atom stereocenters. The Bertz CT molecular complexity index is 313. The maximum absolute atomic E-state index is 11.3. The summed E-state index contributed by atoms with van der Waals surface area (Å²) in [4.78, 5) is 10.3. The normalized spacial score (nSPS) is 14.0. The van der Waals surface area contributed by atoms with Gasteiger partial charge in [0.15, 0.2) is 0 Å². The van der Waals surface area contributed by atoms with Crippen LogP contribution in [0.3, 0.4) is 0 Å². The van der Waals surface area contributed by atoms with E-state index in [1.165, 1.54) is 14.1 Å². The Balaban J connectivity index is 3.78. The van der Waals surface area contributed by atoms with Gasteiger partial charge in [-0.25, -0.2) is 4.72 Å². The van der Waals surface area contributed by atoms with E-state index in [4.69, 9.17) is 5.11 Å². The molecule has 0 aromatic rings. The molecule has 0 spiro atoms. The minimum absolute atomic E-state index is 0.127. The lowest BCUT2D eigenvalue weighted by Crippen LogP contribution is -2.36. The molecule has 7 heteroatoms. The smallest absolute Gasteiger partial charge is 0.303 e. The summed E-state index contributed by atoms with van der Waals surface area (Å²) in [5.74, 6) is -0.623. The van der Waals surface area contributed by atoms with E-state index in [1.54, 1.807) is 0 Å². The van der Waals surface area contributed by atoms with Gasteiger partial charge in [-0.2, -0.15) is 12.7 Å². The summed E-state index contributed by atoms with van der Waals surface area (Å²) in [5, 5.41) is 8.47. The van der Waals surface area contributed by atoms with Crippen LogP contribution in [-0.2, 0) is 15.0 Å². The summed E-state index contributed by atoms with van der Waals surface area (Å²) in [6, 6.07) is 0. The molecule has 0 heterocycles. The van der Waals surface area contributed by atoms with Crippen molar-refractivity contribution in [3.8, 4) is 0 Å². The Morgan fingerprint density at radius 1 is 1.38 bits per heavy atom. The summed E-state index contributed by atoms with van der Waals surface area (Å²) in [6.07, 6.45) is 1.33. The van der Waals surface area contributed by atoms with E-state index < -0.39 is 16.2 Å². The zero-order chi connectivity index (χ0) is 12.8. The van der Waals surface area contributed by atoms with Gasteiger partial charge < -0.3 is 5.11 Å². The number of hydrogen-bond acceptors (Lipinski definition) is 3. The molecule has 0 aromatic carbocycles. The van der Waals surface area contributed by atoms with E-state index in [2.05, 4.69) is 4.72 Å². The first-order valence-electron chi connectivity index (χ1n) is 5.14. The largest absolute Gasteiger partial charge is 0.481 e. The van der Waals surface area contributed by atoms with Gasteiger partial charge in [0.2, 0.25) is 0 Å². The molecule has 96 valence electrons. The quantitative estimate of drug-likeness (QED) is 0.649. The molecule has 6 nitrogen and oxygen atoms in total. The lowest BCUT2D eigenvalue weighted by Gasteiger charge is -2.14. The van der Waals surface area contributed by atoms with Crippen molar-refractivity contribution in [2.24, 2.45) is 5.92 Å². The summed E-state index contributed by atoms with van der Waals surface area (Å²) >= 11 is 0. The van der Waals surface area contributed by atoms with Crippen LogP contribution in [0, 0.1) is 5.92 Å². The Morgan fingerprint density at radius 3 is 2.38 bits per heavy atom. The molecule has 16 heavy (non-hydrogen) atoms. The molecule has 0 saturated carbocycles. The first-order chi connectivity index (χ1) is 7.25. The Labute approximate surface area is 96.8 Å². The molecule has 1 unspecified atom stereocenters. The zero-order valence-corrected chi connectivity index (χ0v) is 10.7. The molecule has 0 bridgehead atoms. The van der Waals surface area contributed by atoms with Crippen molar-refractivity contribution < 1.29 is 18.3 Å². The van der Waals surface area contributed by atoms with E-state index in [0.29, 0.717) is 19.4 Å². The highest BCUT2D eigenvalue weighted by atomic mass is 32.2. The second kappa shape index (κ2) is 6.82. The van der Waals surface area contributed by atoms with Gasteiger partial charge in [-0.1, -0.05) is 6.92 Å². The molecular weight excluding hydrogens is 232 g/mol. The average molecular weight is 252 g/mol. The van der Waals surface area contributed by atoms with Crippen LogP contribution in [0.4, 0.5) is 0 Å². The Morgan fingerprint density at radius 2 is 1.94 bits per heavy atom. The van der Waals surface area contributed by atoms with Gasteiger partial charge >= 0.3 is 5.97 Å². The summed E-state index contributed by atoms with van der Waals surface area (Å²) in [6.45, 7) is 2.24. The second-order valence-corrected chi connectivity index (χ2v) is 5.98. The van der Waals surface area contributed by atoms with Crippen LogP contribution in [0.2, 0.25) is 0 Å². The SMILES string of the molecule is CC(CCNS(=O)(=O)N(C)C)CCC(=O)O. The van der Waals surface area contributed by atoms with Crippen LogP contribution < -0.4 is 4.72 Å². The topological polar surface area (TPSA) is 86.7 Å². The van der Waals surface area contributed by atoms with Gasteiger partial charge in [-0.3, -0.25) is 4.79 Å². The number of nitrogens with zero attached hydrogens (tertiary/aromatic N) is 1. The van der Waals surface area contributed by atoms with E-state index in [9.17, 15) is 13.2 Å². The Kier molecular flexibility index (Phi) is 6.54. The first kappa shape index (κ1) is 15.3. The van der Waals surface area contributed by atoms with Gasteiger partial charge in [0, 0.05) is 27.1 Å². The summed E-state index contributed by atoms with van der Waals surface area (Å²) in [5.41, 5.74) is 0. The molecule has 0 fully saturated rings. The van der Waals surface area contributed by atoms with Crippen molar-refractivity contribution >= 4 is 16.2 Å². The van der Waals surface area contributed by atoms with Crippen LogP contribution in [0.5, 0.6) is 0 Å². The third-order valence-corrected chi connectivity index (χ3v) is 3.78. The molecule has 0 radical (unpaired) electrons. The van der Waals surface area contributed by atoms with Crippen LogP contribution in [0.25, 0.3) is 0 Å². The maximum atomic E-state index is 11.3. The van der Waals surface area contributed by atoms with Crippen LogP contribution in [-0.4, -0.2) is 44.4 Å². The highest BCUT2D eigenvalue weighted by Crippen LogP contribution is 2.09. The van der Waals surface area contributed by atoms with E-state index in [1.807, 2.05) is 6.92 Å². The number of nitrogens with one attached hydrogen (secondary N) is 1. The molecule has 0 amide bonds. The van der Waals surface area contributed by atoms with Crippen molar-refractivity contribution in [2.45, 2.75) is 26.2 Å². The second-order valence-electron chi connectivity index (χ2n) is 4.01. The molecule has 0 aliphatic rings. The molecule has 0 rings (SSSR count). The fourth-order valence-electron chi connectivity index (χ4n) is 1.08. The van der Waals surface area contributed by atoms with Crippen molar-refractivity contribution in [1.29, 1.82) is 0 Å². The molecule has 0 saturated heterocycles. The Hall–Kier alpha value is -0.660. The van der Waals surface area contributed by atoms with Crippen molar-refractivity contribution in [3.05, 3.63) is 0 Å². The number of aliphatic carboxylic acids is 1. The number of carboxylic acid groups (broad SMARTS) is 1. The summed E-state index contributed by atoms with van der Waals surface area (Å²) in [7, 11) is -0.449. The van der Waals surface area contributed by atoms with Crippen molar-refractivity contribution in [3.63, 3.8) is 0 Å². The minimum Gasteiger partial charge on any atom is -0.481 e. The lowest BCUT2D eigenvalue weighted by atomic mass is 10.0. The predicted molar refractivity (Wildman–Crippen MR) is 61.3 cm³/mol. The fraction of sp³-hybridized carbons (Fsp3) is 0.889. The third kappa shape index (κ3) is 6.76. The third-order valence-electron chi connectivity index (χ3n) is 2.25. The summed E-state index contributed by atoms with van der Waals surface area (Å²) < 4.78 is 26.1. The molecule has 0 aliphatic heterocycles. The lowest BCUT2D eigenvalue weighted by molar-refractivity contribution is -0.137. The number of hydrogen-bond donors (Lipinski definition) is 2. The molecule has 0 aliphatic carbocycles. The van der Waals surface area contributed by atoms with Gasteiger partial charge in [0.1, 0.15) is 0 Å². The van der Waals surface area contributed by atoms with Gasteiger partial charge in [0.05, 0.1) is 0 Å². The first-order valence-corrected chi connectivity index (χ1v) is 6.58. The van der Waals surface area contributed by atoms with E-state index in [0.717, 1.165) is 4.31 Å². The monoisotopic (exact) mass is 252 g/mol. The predicted octanol–water partition coefficient (Wildman–Crippen LogP) is 0.273. The van der Waals surface area contributed by atoms with Gasteiger partial charge in [-0.05, 0) is 18.8 Å². The average Bonchev–Trinajstić information content (AvgIpc) is 2.14. The van der Waals surface area contributed by atoms with Crippen molar-refractivity contribution in [2.75, 3.05) is 20.6 Å². The van der Waals surface area contributed by atoms with Crippen LogP contribution >= 0.6 is 0 Å². The van der Waals surface area contributed by atoms with Gasteiger partial charge in [-0.15, -0.1) is 0 Å². The molecular formula is C9H20N2O4S. The fourth-order valence-corrected chi connectivity index (χ4v) is 1.71. The number of carboxylic acids is 1. The van der Waals surface area contributed by atoms with E-state index >= 15 is 0 Å². The zero-order valence-electron chi connectivity index (χ0n) is 9.93. The highest BCUT2D eigenvalue weighted by molar-refractivity contribution is 7.87. The molecule has 2 N–H and O–H groups in total. The minimum atomic E-state index is -3.36. The maximum Gasteiger partial charge on any atom is 0.303 e.